The number of ether oxygens (including phenoxy) is 1. The molecule has 34 heavy (non-hydrogen) atoms. The Morgan fingerprint density at radius 1 is 1.32 bits per heavy atom. The van der Waals surface area contributed by atoms with E-state index in [1.807, 2.05) is 26.4 Å². The Morgan fingerprint density at radius 3 is 2.79 bits per heavy atom. The molecule has 4 heterocycles. The van der Waals surface area contributed by atoms with Gasteiger partial charge in [-0.25, -0.2) is 9.37 Å². The molecule has 1 spiro atoms. The first-order chi connectivity index (χ1) is 16.3. The standard InChI is InChI=1S/C26H32FN5O2/c1-5-9-30(2)24-7-6-17(14-28-24)20-12-22(18-11-19(27)23(34-4)13-21(18)29-20)32-10-8-26(16-32)15-31(3)25(26)33/h6-7,11-14,20,29H,5,8-10,15-16H2,1-4H3. The first-order valence-corrected chi connectivity index (χ1v) is 11.9. The fraction of sp³-hybridized carbons (Fsp3) is 0.462. The van der Waals surface area contributed by atoms with Gasteiger partial charge in [0.15, 0.2) is 11.6 Å². The van der Waals surface area contributed by atoms with E-state index in [1.165, 1.54) is 13.2 Å². The van der Waals surface area contributed by atoms with Crippen molar-refractivity contribution in [1.29, 1.82) is 0 Å². The minimum atomic E-state index is -0.397. The van der Waals surface area contributed by atoms with E-state index in [2.05, 4.69) is 39.2 Å². The number of methoxy groups -OCH3 is 1. The molecule has 2 unspecified atom stereocenters. The maximum absolute atomic E-state index is 14.7. The molecule has 1 amide bonds. The minimum Gasteiger partial charge on any atom is -0.494 e. The van der Waals surface area contributed by atoms with Crippen molar-refractivity contribution < 1.29 is 13.9 Å². The highest BCUT2D eigenvalue weighted by Gasteiger charge is 2.54. The number of hydrogen-bond acceptors (Lipinski definition) is 6. The van der Waals surface area contributed by atoms with E-state index in [0.29, 0.717) is 6.54 Å². The molecule has 0 radical (unpaired) electrons. The molecular formula is C26H32FN5O2. The third-order valence-electron chi connectivity index (χ3n) is 7.32. The van der Waals surface area contributed by atoms with Gasteiger partial charge in [0.25, 0.3) is 0 Å². The number of hydrogen-bond donors (Lipinski definition) is 1. The lowest BCUT2D eigenvalue weighted by atomic mass is 9.78. The van der Waals surface area contributed by atoms with Crippen molar-refractivity contribution in [1.82, 2.24) is 14.8 Å². The summed E-state index contributed by atoms with van der Waals surface area (Å²) in [5.41, 5.74) is 3.26. The van der Waals surface area contributed by atoms with Crippen molar-refractivity contribution in [2.45, 2.75) is 25.8 Å². The second kappa shape index (κ2) is 8.49. The Kier molecular flexibility index (Phi) is 5.62. The average molecular weight is 466 g/mol. The first kappa shape index (κ1) is 22.5. The van der Waals surface area contributed by atoms with Crippen LogP contribution in [-0.2, 0) is 4.79 Å². The van der Waals surface area contributed by atoms with E-state index in [9.17, 15) is 9.18 Å². The van der Waals surface area contributed by atoms with Crippen LogP contribution in [0.4, 0.5) is 15.9 Å². The molecule has 3 aliphatic rings. The number of β-lactam (4-membered cyclic amide) rings is 1. The number of carbonyl (C=O) groups is 1. The lowest BCUT2D eigenvalue weighted by Crippen LogP contribution is -2.60. The summed E-state index contributed by atoms with van der Waals surface area (Å²) in [6.07, 6.45) is 5.90. The maximum atomic E-state index is 14.7. The molecule has 0 saturated carbocycles. The number of aromatic nitrogens is 1. The van der Waals surface area contributed by atoms with Crippen molar-refractivity contribution in [2.24, 2.45) is 5.41 Å². The molecule has 7 nitrogen and oxygen atoms in total. The van der Waals surface area contributed by atoms with Gasteiger partial charge in [0, 0.05) is 69.5 Å². The second-order valence-corrected chi connectivity index (χ2v) is 9.69. The van der Waals surface area contributed by atoms with Crippen LogP contribution in [0.2, 0.25) is 0 Å². The van der Waals surface area contributed by atoms with E-state index < -0.39 is 5.82 Å². The summed E-state index contributed by atoms with van der Waals surface area (Å²) in [6.45, 7) is 5.29. The summed E-state index contributed by atoms with van der Waals surface area (Å²) in [6, 6.07) is 7.24. The van der Waals surface area contributed by atoms with E-state index >= 15 is 0 Å². The van der Waals surface area contributed by atoms with Gasteiger partial charge >= 0.3 is 0 Å². The van der Waals surface area contributed by atoms with Crippen molar-refractivity contribution in [3.8, 4) is 5.75 Å². The molecule has 2 aromatic rings. The van der Waals surface area contributed by atoms with Gasteiger partial charge in [-0.15, -0.1) is 0 Å². The predicted octanol–water partition coefficient (Wildman–Crippen LogP) is 3.75. The first-order valence-electron chi connectivity index (χ1n) is 11.9. The van der Waals surface area contributed by atoms with Crippen molar-refractivity contribution in [3.63, 3.8) is 0 Å². The average Bonchev–Trinajstić information content (AvgIpc) is 3.30. The lowest BCUT2D eigenvalue weighted by molar-refractivity contribution is -0.155. The Bertz CT molecular complexity index is 1130. The fourth-order valence-electron chi connectivity index (χ4n) is 5.50. The number of likely N-dealkylation sites (tertiary alicyclic amines) is 2. The van der Waals surface area contributed by atoms with Crippen molar-refractivity contribution in [3.05, 3.63) is 53.5 Å². The zero-order chi connectivity index (χ0) is 24.0. The van der Waals surface area contributed by atoms with Crippen molar-refractivity contribution >= 4 is 23.1 Å². The minimum absolute atomic E-state index is 0.132. The number of nitrogens with zero attached hydrogens (tertiary/aromatic N) is 4. The quantitative estimate of drug-likeness (QED) is 0.656. The molecule has 0 bridgehead atoms. The third-order valence-corrected chi connectivity index (χ3v) is 7.32. The third kappa shape index (κ3) is 3.65. The van der Waals surface area contributed by atoms with Gasteiger partial charge in [-0.3, -0.25) is 4.79 Å². The number of anilines is 2. The van der Waals surface area contributed by atoms with E-state index in [0.717, 1.165) is 60.8 Å². The van der Waals surface area contributed by atoms with Crippen LogP contribution in [0.3, 0.4) is 0 Å². The Balaban J connectivity index is 1.49. The monoisotopic (exact) mass is 465 g/mol. The molecule has 0 aliphatic carbocycles. The summed E-state index contributed by atoms with van der Waals surface area (Å²) in [5.74, 6) is 0.947. The molecule has 3 aliphatic heterocycles. The number of rotatable bonds is 6. The number of benzene rings is 1. The van der Waals surface area contributed by atoms with Gasteiger partial charge in [-0.1, -0.05) is 13.0 Å². The van der Waals surface area contributed by atoms with Gasteiger partial charge in [0.1, 0.15) is 5.82 Å². The smallest absolute Gasteiger partial charge is 0.232 e. The SMILES string of the molecule is CCCN(C)c1ccc(C2C=C(N3CCC4(CN(C)C4=O)C3)c3cc(F)c(OC)cc3N2)cn1. The largest absolute Gasteiger partial charge is 0.494 e. The van der Waals surface area contributed by atoms with Crippen LogP contribution >= 0.6 is 0 Å². The van der Waals surface area contributed by atoms with Gasteiger partial charge in [-0.2, -0.15) is 0 Å². The summed E-state index contributed by atoms with van der Waals surface area (Å²) < 4.78 is 20.0. The van der Waals surface area contributed by atoms with Crippen LogP contribution in [0.1, 0.15) is 36.9 Å². The van der Waals surface area contributed by atoms with E-state index in [-0.39, 0.29) is 23.1 Å². The molecular weight excluding hydrogens is 433 g/mol. The number of fused-ring (bicyclic) bond motifs is 1. The fourth-order valence-corrected chi connectivity index (χ4v) is 5.50. The lowest BCUT2D eigenvalue weighted by Gasteiger charge is -2.44. The summed E-state index contributed by atoms with van der Waals surface area (Å²) >= 11 is 0. The molecule has 8 heteroatoms. The maximum Gasteiger partial charge on any atom is 0.232 e. The summed E-state index contributed by atoms with van der Waals surface area (Å²) in [7, 11) is 5.36. The molecule has 5 rings (SSSR count). The van der Waals surface area contributed by atoms with Crippen LogP contribution in [-0.4, -0.2) is 68.1 Å². The molecule has 2 fully saturated rings. The second-order valence-electron chi connectivity index (χ2n) is 9.69. The zero-order valence-corrected chi connectivity index (χ0v) is 20.3. The van der Waals surface area contributed by atoms with Crippen molar-refractivity contribution in [2.75, 3.05) is 57.6 Å². The molecule has 1 aromatic heterocycles. The highest BCUT2D eigenvalue weighted by atomic mass is 19.1. The molecule has 2 saturated heterocycles. The van der Waals surface area contributed by atoms with Gasteiger partial charge in [-0.05, 0) is 36.6 Å². The van der Waals surface area contributed by atoms with E-state index in [4.69, 9.17) is 4.74 Å². The molecule has 2 atom stereocenters. The number of carbonyl (C=O) groups excluding carboxylic acids is 1. The van der Waals surface area contributed by atoms with Crippen LogP contribution in [0.25, 0.3) is 5.70 Å². The highest BCUT2D eigenvalue weighted by molar-refractivity contribution is 5.90. The van der Waals surface area contributed by atoms with Gasteiger partial charge < -0.3 is 24.8 Å². The van der Waals surface area contributed by atoms with Gasteiger partial charge in [0.05, 0.1) is 18.6 Å². The number of halogens is 1. The topological polar surface area (TPSA) is 60.9 Å². The zero-order valence-electron chi connectivity index (χ0n) is 20.3. The normalized spacial score (nSPS) is 23.4. The molecule has 1 aromatic carbocycles. The Morgan fingerprint density at radius 2 is 2.15 bits per heavy atom. The molecule has 180 valence electrons. The Labute approximate surface area is 200 Å². The highest BCUT2D eigenvalue weighted by Crippen LogP contribution is 2.46. The molecule has 1 N–H and O–H groups in total. The van der Waals surface area contributed by atoms with Crippen LogP contribution in [0.15, 0.2) is 36.5 Å². The number of pyridine rings is 1. The van der Waals surface area contributed by atoms with Crippen LogP contribution in [0, 0.1) is 11.2 Å². The van der Waals surface area contributed by atoms with Gasteiger partial charge in [0.2, 0.25) is 5.91 Å². The number of nitrogens with one attached hydrogen (secondary N) is 1. The van der Waals surface area contributed by atoms with E-state index in [1.54, 1.807) is 11.0 Å². The van der Waals surface area contributed by atoms with Crippen LogP contribution < -0.4 is 15.0 Å². The van der Waals surface area contributed by atoms with Crippen LogP contribution in [0.5, 0.6) is 5.75 Å². The summed E-state index contributed by atoms with van der Waals surface area (Å²) in [5, 5.41) is 3.53. The number of amides is 1. The Hall–Kier alpha value is -3.29. The predicted molar refractivity (Wildman–Crippen MR) is 131 cm³/mol. The summed E-state index contributed by atoms with van der Waals surface area (Å²) in [4.78, 5) is 23.4.